The zero-order valence-corrected chi connectivity index (χ0v) is 45.0. The predicted molar refractivity (Wildman–Crippen MR) is 295 cm³/mol. The van der Waals surface area contributed by atoms with Crippen molar-refractivity contribution in [1.29, 1.82) is 0 Å². The lowest BCUT2D eigenvalue weighted by atomic mass is 9.99. The van der Waals surface area contributed by atoms with Gasteiger partial charge in [-0.3, -0.25) is 4.79 Å². The van der Waals surface area contributed by atoms with Crippen LogP contribution in [-0.4, -0.2) is 87.5 Å². The van der Waals surface area contributed by atoms with Crippen LogP contribution in [0.3, 0.4) is 0 Å². The molecule has 0 bridgehead atoms. The van der Waals surface area contributed by atoms with E-state index in [0.29, 0.717) is 12.8 Å². The van der Waals surface area contributed by atoms with Gasteiger partial charge in [0.25, 0.3) is 0 Å². The minimum absolute atomic E-state index is 0.140. The smallest absolute Gasteiger partial charge is 0.220 e. The maximum Gasteiger partial charge on any atom is 0.220 e. The number of rotatable bonds is 49. The Hall–Kier alpha value is -2.37. The fourth-order valence-corrected chi connectivity index (χ4v) is 8.99. The van der Waals surface area contributed by atoms with E-state index >= 15 is 0 Å². The highest BCUT2D eigenvalue weighted by Gasteiger charge is 2.44. The summed E-state index contributed by atoms with van der Waals surface area (Å²) in [4.78, 5) is 13.1. The molecule has 0 aromatic rings. The number of unbranched alkanes of at least 4 members (excludes halogenated alkanes) is 27. The average Bonchev–Trinajstić information content (AvgIpc) is 3.36. The van der Waals surface area contributed by atoms with Crippen molar-refractivity contribution in [3.8, 4) is 0 Å². The first-order chi connectivity index (χ1) is 34.3. The van der Waals surface area contributed by atoms with Gasteiger partial charge in [-0.25, -0.2) is 0 Å². The molecule has 70 heavy (non-hydrogen) atoms. The molecule has 1 aliphatic heterocycles. The lowest BCUT2D eigenvalue weighted by Gasteiger charge is -2.40. The predicted octanol–water partition coefficient (Wildman–Crippen LogP) is 14.5. The average molecular weight is 985 g/mol. The fraction of sp³-hybridized carbons (Fsp3) is 0.787. The van der Waals surface area contributed by atoms with Crippen LogP contribution < -0.4 is 5.32 Å². The molecule has 1 rings (SSSR count). The molecule has 9 nitrogen and oxygen atoms in total. The zero-order chi connectivity index (χ0) is 50.8. The molecule has 7 unspecified atom stereocenters. The first-order valence-corrected chi connectivity index (χ1v) is 29.1. The third kappa shape index (κ3) is 39.2. The maximum atomic E-state index is 13.1. The summed E-state index contributed by atoms with van der Waals surface area (Å²) in [5, 5.41) is 54.7. The standard InChI is InChI=1S/C61H109NO8/c1-3-5-7-9-11-13-15-17-19-21-22-23-24-25-26-27-28-29-30-31-32-33-34-35-37-39-41-43-45-47-49-51-57(65)62-54(53-69-61-60(68)59(67)58(66)56(52-63)70-61)55(64)50-48-46-44-42-40-38-36-20-18-16-14-12-10-8-6-4-2/h5,7,11,13,17,19,22-23,25-26,28-29,54-56,58-61,63-64,66-68H,3-4,6,8-10,12,14-16,18,20-21,24,27,30-53H2,1-2H3,(H,62,65)/b7-5-,13-11-,19-17-,23-22-,26-25-,29-28-. The van der Waals surface area contributed by atoms with Crippen LogP contribution in [0.1, 0.15) is 251 Å². The summed E-state index contributed by atoms with van der Waals surface area (Å²) in [6, 6.07) is -0.723. The second-order valence-electron chi connectivity index (χ2n) is 20.1. The topological polar surface area (TPSA) is 149 Å². The minimum Gasteiger partial charge on any atom is -0.394 e. The Labute approximate surface area is 429 Å². The number of amides is 1. The molecule has 0 spiro atoms. The summed E-state index contributed by atoms with van der Waals surface area (Å²) in [5.74, 6) is -0.147. The number of aliphatic hydroxyl groups is 5. The molecule has 1 fully saturated rings. The highest BCUT2D eigenvalue weighted by Crippen LogP contribution is 2.23. The van der Waals surface area contributed by atoms with Crippen LogP contribution in [-0.2, 0) is 14.3 Å². The maximum absolute atomic E-state index is 13.1. The number of carbonyl (C=O) groups excluding carboxylic acids is 1. The number of allylic oxidation sites excluding steroid dienone is 12. The quantitative estimate of drug-likeness (QED) is 0.0261. The Bertz CT molecular complexity index is 1330. The van der Waals surface area contributed by atoms with Crippen molar-refractivity contribution >= 4 is 5.91 Å². The van der Waals surface area contributed by atoms with Gasteiger partial charge in [0.1, 0.15) is 24.4 Å². The number of ether oxygens (including phenoxy) is 2. The first kappa shape index (κ1) is 65.6. The van der Waals surface area contributed by atoms with Gasteiger partial charge in [0, 0.05) is 6.42 Å². The van der Waals surface area contributed by atoms with E-state index in [1.54, 1.807) is 0 Å². The van der Waals surface area contributed by atoms with E-state index in [1.165, 1.54) is 148 Å². The van der Waals surface area contributed by atoms with Gasteiger partial charge in [-0.2, -0.15) is 0 Å². The van der Waals surface area contributed by atoms with E-state index in [0.717, 1.165) is 77.0 Å². The van der Waals surface area contributed by atoms with Crippen molar-refractivity contribution in [2.24, 2.45) is 0 Å². The van der Waals surface area contributed by atoms with Crippen LogP contribution in [0.2, 0.25) is 0 Å². The van der Waals surface area contributed by atoms with Gasteiger partial charge in [0.2, 0.25) is 5.91 Å². The number of aliphatic hydroxyl groups excluding tert-OH is 5. The van der Waals surface area contributed by atoms with Crippen LogP contribution in [0.25, 0.3) is 0 Å². The van der Waals surface area contributed by atoms with Crippen molar-refractivity contribution in [3.63, 3.8) is 0 Å². The van der Waals surface area contributed by atoms with Crippen LogP contribution >= 0.6 is 0 Å². The number of nitrogens with one attached hydrogen (secondary N) is 1. The molecule has 0 aromatic heterocycles. The van der Waals surface area contributed by atoms with E-state index in [4.69, 9.17) is 9.47 Å². The van der Waals surface area contributed by atoms with Gasteiger partial charge in [-0.15, -0.1) is 0 Å². The van der Waals surface area contributed by atoms with E-state index in [-0.39, 0.29) is 12.5 Å². The molecule has 0 aliphatic carbocycles. The number of carbonyl (C=O) groups is 1. The van der Waals surface area contributed by atoms with Gasteiger partial charge in [-0.1, -0.05) is 254 Å². The molecule has 6 N–H and O–H groups in total. The summed E-state index contributed by atoms with van der Waals surface area (Å²) in [5.41, 5.74) is 0. The molecule has 1 saturated heterocycles. The van der Waals surface area contributed by atoms with Crippen molar-refractivity contribution in [1.82, 2.24) is 5.32 Å². The molecule has 9 heteroatoms. The van der Waals surface area contributed by atoms with Crippen molar-refractivity contribution < 1.29 is 39.8 Å². The molecular formula is C61H109NO8. The van der Waals surface area contributed by atoms with E-state index < -0.39 is 49.5 Å². The summed E-state index contributed by atoms with van der Waals surface area (Å²) in [7, 11) is 0. The van der Waals surface area contributed by atoms with E-state index in [2.05, 4.69) is 92.1 Å². The van der Waals surface area contributed by atoms with Crippen molar-refractivity contribution in [2.45, 2.75) is 294 Å². The van der Waals surface area contributed by atoms with Gasteiger partial charge < -0.3 is 40.3 Å². The number of hydrogen-bond acceptors (Lipinski definition) is 8. The zero-order valence-electron chi connectivity index (χ0n) is 45.0. The van der Waals surface area contributed by atoms with E-state index in [9.17, 15) is 30.3 Å². The Kier molecular flexibility index (Phi) is 47.1. The lowest BCUT2D eigenvalue weighted by Crippen LogP contribution is -2.60. The second kappa shape index (κ2) is 50.2. The third-order valence-corrected chi connectivity index (χ3v) is 13.6. The van der Waals surface area contributed by atoms with Crippen LogP contribution in [0, 0.1) is 0 Å². The number of hydrogen-bond donors (Lipinski definition) is 6. The summed E-state index contributed by atoms with van der Waals surface area (Å²) < 4.78 is 11.3. The SMILES string of the molecule is CC/C=C\C/C=C\C/C=C\C/C=C\C/C=C\C/C=C\CCCCCCCCCCCCCCC(=O)NC(COC1OC(CO)C(O)C(O)C1O)C(O)CCCCCCCCCCCCCCCCCC. The minimum atomic E-state index is -1.56. The molecule has 0 radical (unpaired) electrons. The highest BCUT2D eigenvalue weighted by molar-refractivity contribution is 5.76. The third-order valence-electron chi connectivity index (χ3n) is 13.6. The van der Waals surface area contributed by atoms with Crippen LogP contribution in [0.15, 0.2) is 72.9 Å². The summed E-state index contributed by atoms with van der Waals surface area (Å²) in [6.45, 7) is 3.73. The van der Waals surface area contributed by atoms with Gasteiger partial charge in [0.05, 0.1) is 25.4 Å². The molecule has 1 aliphatic rings. The molecular weight excluding hydrogens is 875 g/mol. The lowest BCUT2D eigenvalue weighted by molar-refractivity contribution is -0.302. The van der Waals surface area contributed by atoms with Gasteiger partial charge >= 0.3 is 0 Å². The second-order valence-corrected chi connectivity index (χ2v) is 20.1. The molecule has 1 amide bonds. The largest absolute Gasteiger partial charge is 0.394 e. The Morgan fingerprint density at radius 2 is 0.886 bits per heavy atom. The molecule has 406 valence electrons. The molecule has 7 atom stereocenters. The monoisotopic (exact) mass is 984 g/mol. The molecule has 1 heterocycles. The van der Waals surface area contributed by atoms with Gasteiger partial charge in [0.15, 0.2) is 6.29 Å². The van der Waals surface area contributed by atoms with Gasteiger partial charge in [-0.05, 0) is 64.2 Å². The summed E-state index contributed by atoms with van der Waals surface area (Å²) >= 11 is 0. The fourth-order valence-electron chi connectivity index (χ4n) is 8.99. The Morgan fingerprint density at radius 3 is 1.31 bits per heavy atom. The van der Waals surface area contributed by atoms with E-state index in [1.807, 2.05) is 0 Å². The normalized spacial score (nSPS) is 19.9. The molecule has 0 saturated carbocycles. The Balaban J connectivity index is 2.17. The Morgan fingerprint density at radius 1 is 0.500 bits per heavy atom. The van der Waals surface area contributed by atoms with Crippen LogP contribution in [0.4, 0.5) is 0 Å². The first-order valence-electron chi connectivity index (χ1n) is 29.1. The highest BCUT2D eigenvalue weighted by atomic mass is 16.7. The summed E-state index contributed by atoms with van der Waals surface area (Å²) in [6.07, 6.45) is 62.1. The van der Waals surface area contributed by atoms with Crippen LogP contribution in [0.5, 0.6) is 0 Å². The van der Waals surface area contributed by atoms with Crippen molar-refractivity contribution in [2.75, 3.05) is 13.2 Å². The molecule has 0 aromatic carbocycles. The van der Waals surface area contributed by atoms with Crippen molar-refractivity contribution in [3.05, 3.63) is 72.9 Å².